The molecule has 0 saturated carbocycles. The number of carbonyl (C=O) groups is 1. The van der Waals surface area contributed by atoms with Gasteiger partial charge in [-0.2, -0.15) is 0 Å². The zero-order chi connectivity index (χ0) is 15.4. The molecule has 0 aromatic rings. The van der Waals surface area contributed by atoms with E-state index in [2.05, 4.69) is 38.8 Å². The molecule has 7 heteroatoms. The zero-order valence-corrected chi connectivity index (χ0v) is 14.7. The first kappa shape index (κ1) is 17.8. The van der Waals surface area contributed by atoms with E-state index in [4.69, 9.17) is 15.2 Å². The van der Waals surface area contributed by atoms with Crippen molar-refractivity contribution < 1.29 is 19.4 Å². The highest BCUT2D eigenvalue weighted by molar-refractivity contribution is 9.12. The van der Waals surface area contributed by atoms with Crippen molar-refractivity contribution in [1.82, 2.24) is 0 Å². The van der Waals surface area contributed by atoms with E-state index in [1.807, 2.05) is 0 Å². The molecular formula is C13H19Br2NO4. The van der Waals surface area contributed by atoms with E-state index in [1.54, 1.807) is 0 Å². The zero-order valence-electron chi connectivity index (χ0n) is 11.5. The number of nitrogens with two attached hydrogens (primary N) is 1. The maximum Gasteiger partial charge on any atom is 0.235 e. The predicted octanol–water partition coefficient (Wildman–Crippen LogP) is 2.32. The topological polar surface area (TPSA) is 81.8 Å². The molecule has 0 saturated heterocycles. The highest BCUT2D eigenvalue weighted by Crippen LogP contribution is 2.44. The molecule has 20 heavy (non-hydrogen) atoms. The van der Waals surface area contributed by atoms with Crippen LogP contribution in [-0.4, -0.2) is 36.1 Å². The number of hydrogen-bond donors (Lipinski definition) is 2. The summed E-state index contributed by atoms with van der Waals surface area (Å²) >= 11 is 6.72. The van der Waals surface area contributed by atoms with E-state index >= 15 is 0 Å². The van der Waals surface area contributed by atoms with Gasteiger partial charge in [-0.3, -0.25) is 4.79 Å². The van der Waals surface area contributed by atoms with Gasteiger partial charge in [0.05, 0.1) is 22.0 Å². The SMILES string of the molecule is CCCCOC1(OC)C(Br)=CC(O)(CC(N)=O)C=C1Br. The normalized spacial score (nSPS) is 29.9. The first-order valence-corrected chi connectivity index (χ1v) is 7.85. The lowest BCUT2D eigenvalue weighted by Crippen LogP contribution is -2.43. The lowest BCUT2D eigenvalue weighted by Gasteiger charge is -2.38. The fraction of sp³-hybridized carbons (Fsp3) is 0.615. The van der Waals surface area contributed by atoms with E-state index in [0.717, 1.165) is 12.8 Å². The number of halogens is 2. The van der Waals surface area contributed by atoms with Gasteiger partial charge in [0.1, 0.15) is 5.60 Å². The molecule has 5 nitrogen and oxygen atoms in total. The Hall–Kier alpha value is -0.210. The first-order valence-electron chi connectivity index (χ1n) is 6.27. The first-order chi connectivity index (χ1) is 9.29. The number of carbonyl (C=O) groups excluding carboxylic acids is 1. The van der Waals surface area contributed by atoms with Gasteiger partial charge in [0.15, 0.2) is 0 Å². The van der Waals surface area contributed by atoms with E-state index in [0.29, 0.717) is 15.6 Å². The van der Waals surface area contributed by atoms with Crippen molar-refractivity contribution in [2.75, 3.05) is 13.7 Å². The molecule has 0 aliphatic heterocycles. The van der Waals surface area contributed by atoms with Crippen LogP contribution in [0.4, 0.5) is 0 Å². The minimum atomic E-state index is -1.46. The van der Waals surface area contributed by atoms with Crippen LogP contribution in [-0.2, 0) is 14.3 Å². The number of ether oxygens (including phenoxy) is 2. The Morgan fingerprint density at radius 3 is 2.35 bits per heavy atom. The molecule has 0 atom stereocenters. The van der Waals surface area contributed by atoms with Crippen molar-refractivity contribution in [2.24, 2.45) is 5.73 Å². The van der Waals surface area contributed by atoms with Gasteiger partial charge >= 0.3 is 0 Å². The Labute approximate surface area is 135 Å². The lowest BCUT2D eigenvalue weighted by atomic mass is 9.91. The molecule has 0 spiro atoms. The summed E-state index contributed by atoms with van der Waals surface area (Å²) in [6.45, 7) is 2.57. The quantitative estimate of drug-likeness (QED) is 0.496. The molecule has 1 aliphatic rings. The van der Waals surface area contributed by atoms with Gasteiger partial charge in [-0.1, -0.05) is 13.3 Å². The Morgan fingerprint density at radius 1 is 1.40 bits per heavy atom. The second kappa shape index (κ2) is 7.17. The maximum absolute atomic E-state index is 11.0. The third-order valence-corrected chi connectivity index (χ3v) is 4.43. The molecule has 0 aromatic heterocycles. The molecule has 114 valence electrons. The Morgan fingerprint density at radius 2 is 1.95 bits per heavy atom. The van der Waals surface area contributed by atoms with Crippen LogP contribution < -0.4 is 5.73 Å². The number of primary amides is 1. The van der Waals surface area contributed by atoms with E-state index in [-0.39, 0.29) is 6.42 Å². The Kier molecular flexibility index (Phi) is 6.40. The third kappa shape index (κ3) is 3.92. The maximum atomic E-state index is 11.0. The summed E-state index contributed by atoms with van der Waals surface area (Å²) in [7, 11) is 1.51. The van der Waals surface area contributed by atoms with Crippen LogP contribution >= 0.6 is 31.9 Å². The molecule has 0 aromatic carbocycles. The van der Waals surface area contributed by atoms with E-state index in [1.165, 1.54) is 19.3 Å². The van der Waals surface area contributed by atoms with Gasteiger partial charge in [0.25, 0.3) is 0 Å². The monoisotopic (exact) mass is 411 g/mol. The fourth-order valence-corrected chi connectivity index (χ4v) is 3.96. The minimum Gasteiger partial charge on any atom is -0.381 e. The largest absolute Gasteiger partial charge is 0.381 e. The Balaban J connectivity index is 3.04. The second-order valence-corrected chi connectivity index (χ2v) is 6.35. The average molecular weight is 413 g/mol. The number of amides is 1. The van der Waals surface area contributed by atoms with E-state index < -0.39 is 17.3 Å². The van der Waals surface area contributed by atoms with Crippen molar-refractivity contribution in [2.45, 2.75) is 37.6 Å². The number of methoxy groups -OCH3 is 1. The molecule has 1 rings (SSSR count). The molecular weight excluding hydrogens is 394 g/mol. The van der Waals surface area contributed by atoms with Crippen LogP contribution in [0.3, 0.4) is 0 Å². The standard InChI is InChI=1S/C13H19Br2NO4/c1-3-4-5-20-13(19-2)9(14)6-12(18,7-10(13)15)8-11(16)17/h6-7,18H,3-5,8H2,1-2H3,(H2,16,17). The van der Waals surface area contributed by atoms with Crippen molar-refractivity contribution >= 4 is 37.8 Å². The number of aliphatic hydroxyl groups is 1. The van der Waals surface area contributed by atoms with Crippen LogP contribution in [0, 0.1) is 0 Å². The minimum absolute atomic E-state index is 0.216. The van der Waals surface area contributed by atoms with Crippen LogP contribution in [0.25, 0.3) is 0 Å². The van der Waals surface area contributed by atoms with Gasteiger partial charge in [-0.15, -0.1) is 0 Å². The molecule has 1 aliphatic carbocycles. The summed E-state index contributed by atoms with van der Waals surface area (Å²) in [4.78, 5) is 11.0. The lowest BCUT2D eigenvalue weighted by molar-refractivity contribution is -0.161. The smallest absolute Gasteiger partial charge is 0.235 e. The number of rotatable bonds is 7. The molecule has 3 N–H and O–H groups in total. The van der Waals surface area contributed by atoms with Gasteiger partial charge < -0.3 is 20.3 Å². The molecule has 0 bridgehead atoms. The third-order valence-electron chi connectivity index (χ3n) is 2.93. The summed E-state index contributed by atoms with van der Waals surface area (Å²) in [6, 6.07) is 0. The van der Waals surface area contributed by atoms with Crippen molar-refractivity contribution in [3.63, 3.8) is 0 Å². The predicted molar refractivity (Wildman–Crippen MR) is 83.4 cm³/mol. The molecule has 1 amide bonds. The second-order valence-electron chi connectivity index (χ2n) is 4.64. The summed E-state index contributed by atoms with van der Waals surface area (Å²) in [5.41, 5.74) is 3.69. The summed E-state index contributed by atoms with van der Waals surface area (Å²) in [5, 5.41) is 10.4. The van der Waals surface area contributed by atoms with Crippen LogP contribution in [0.15, 0.2) is 21.1 Å². The summed E-state index contributed by atoms with van der Waals surface area (Å²) in [6.07, 6.45) is 4.60. The van der Waals surface area contributed by atoms with Crippen molar-refractivity contribution in [3.05, 3.63) is 21.1 Å². The van der Waals surface area contributed by atoms with Crippen LogP contribution in [0.5, 0.6) is 0 Å². The summed E-state index contributed by atoms with van der Waals surface area (Å²) in [5.74, 6) is -1.73. The fourth-order valence-electron chi connectivity index (χ4n) is 1.92. The van der Waals surface area contributed by atoms with Gasteiger partial charge in [0, 0.05) is 7.11 Å². The van der Waals surface area contributed by atoms with Crippen molar-refractivity contribution in [1.29, 1.82) is 0 Å². The van der Waals surface area contributed by atoms with Crippen LogP contribution in [0.2, 0.25) is 0 Å². The van der Waals surface area contributed by atoms with Gasteiger partial charge in [-0.25, -0.2) is 0 Å². The number of hydrogen-bond acceptors (Lipinski definition) is 4. The van der Waals surface area contributed by atoms with E-state index in [9.17, 15) is 9.90 Å². The van der Waals surface area contributed by atoms with Crippen LogP contribution in [0.1, 0.15) is 26.2 Å². The van der Waals surface area contributed by atoms with Gasteiger partial charge in [-0.05, 0) is 50.4 Å². The highest BCUT2D eigenvalue weighted by atomic mass is 79.9. The molecule has 0 radical (unpaired) electrons. The van der Waals surface area contributed by atoms with Crippen molar-refractivity contribution in [3.8, 4) is 0 Å². The molecule has 0 heterocycles. The average Bonchev–Trinajstić information content (AvgIpc) is 2.31. The highest BCUT2D eigenvalue weighted by Gasteiger charge is 2.45. The summed E-state index contributed by atoms with van der Waals surface area (Å²) < 4.78 is 12.2. The Bertz CT molecular complexity index is 414. The molecule has 0 unspecified atom stereocenters. The molecule has 0 fully saturated rings. The van der Waals surface area contributed by atoms with Gasteiger partial charge in [0.2, 0.25) is 11.7 Å². The number of unbranched alkanes of at least 4 members (excludes halogenated alkanes) is 1.